The van der Waals surface area contributed by atoms with Crippen molar-refractivity contribution < 1.29 is 4.79 Å². The Labute approximate surface area is 75.3 Å². The van der Waals surface area contributed by atoms with Crippen molar-refractivity contribution in [2.24, 2.45) is 0 Å². The van der Waals surface area contributed by atoms with E-state index in [0.29, 0.717) is 16.8 Å². The van der Waals surface area contributed by atoms with E-state index in [2.05, 4.69) is 5.10 Å². The van der Waals surface area contributed by atoms with E-state index < -0.39 is 0 Å². The Hall–Kier alpha value is -0.830. The lowest BCUT2D eigenvalue weighted by molar-refractivity contribution is 0.112. The highest BCUT2D eigenvalue weighted by Crippen LogP contribution is 2.33. The first kappa shape index (κ1) is 7.80. The molecular formula is C8H9ClN2O. The van der Waals surface area contributed by atoms with Gasteiger partial charge in [0.15, 0.2) is 6.29 Å². The van der Waals surface area contributed by atoms with Crippen molar-refractivity contribution in [3.8, 4) is 0 Å². The molecule has 3 nitrogen and oxygen atoms in total. The van der Waals surface area contributed by atoms with Crippen molar-refractivity contribution in [3.63, 3.8) is 0 Å². The molecule has 1 aromatic heterocycles. The molecule has 1 aliphatic carbocycles. The predicted octanol–water partition coefficient (Wildman–Crippen LogP) is 2.07. The van der Waals surface area contributed by atoms with Crippen LogP contribution in [0, 0.1) is 0 Å². The quantitative estimate of drug-likeness (QED) is 0.660. The lowest BCUT2D eigenvalue weighted by atomic mass is 9.93. The Bertz CT molecular complexity index is 304. The molecule has 1 saturated carbocycles. The average molecular weight is 185 g/mol. The number of hydrogen-bond acceptors (Lipinski definition) is 2. The summed E-state index contributed by atoms with van der Waals surface area (Å²) in [7, 11) is 0. The second-order valence-electron chi connectivity index (χ2n) is 3.04. The zero-order chi connectivity index (χ0) is 8.55. The topological polar surface area (TPSA) is 34.9 Å². The molecule has 1 aromatic rings. The molecular weight excluding hydrogens is 176 g/mol. The SMILES string of the molecule is O=Cc1cnn(C2CCC2)c1Cl. The van der Waals surface area contributed by atoms with Crippen LogP contribution < -0.4 is 0 Å². The van der Waals surface area contributed by atoms with Crippen LogP contribution in [0.3, 0.4) is 0 Å². The summed E-state index contributed by atoms with van der Waals surface area (Å²) in [5, 5.41) is 4.54. The number of halogens is 1. The first-order chi connectivity index (χ1) is 5.83. The Morgan fingerprint density at radius 3 is 2.83 bits per heavy atom. The number of hydrogen-bond donors (Lipinski definition) is 0. The molecule has 0 radical (unpaired) electrons. The van der Waals surface area contributed by atoms with Crippen molar-refractivity contribution in [2.75, 3.05) is 0 Å². The van der Waals surface area contributed by atoms with E-state index in [1.807, 2.05) is 0 Å². The second-order valence-corrected chi connectivity index (χ2v) is 3.40. The van der Waals surface area contributed by atoms with Crippen molar-refractivity contribution in [1.29, 1.82) is 0 Å². The van der Waals surface area contributed by atoms with Crippen LogP contribution in [-0.4, -0.2) is 16.1 Å². The maximum atomic E-state index is 10.4. The van der Waals surface area contributed by atoms with Gasteiger partial charge in [-0.15, -0.1) is 0 Å². The van der Waals surface area contributed by atoms with E-state index in [-0.39, 0.29) is 0 Å². The fourth-order valence-electron chi connectivity index (χ4n) is 1.33. The maximum Gasteiger partial charge on any atom is 0.154 e. The van der Waals surface area contributed by atoms with E-state index in [9.17, 15) is 4.79 Å². The van der Waals surface area contributed by atoms with Gasteiger partial charge >= 0.3 is 0 Å². The van der Waals surface area contributed by atoms with Crippen LogP contribution in [-0.2, 0) is 0 Å². The molecule has 1 fully saturated rings. The zero-order valence-electron chi connectivity index (χ0n) is 6.53. The average Bonchev–Trinajstić information content (AvgIpc) is 2.30. The molecule has 1 aliphatic rings. The van der Waals surface area contributed by atoms with Crippen LogP contribution in [0.5, 0.6) is 0 Å². The summed E-state index contributed by atoms with van der Waals surface area (Å²) in [5.41, 5.74) is 0.489. The minimum atomic E-state index is 0.422. The third kappa shape index (κ3) is 1.05. The van der Waals surface area contributed by atoms with Gasteiger partial charge in [-0.1, -0.05) is 11.6 Å². The number of carbonyl (C=O) groups is 1. The lowest BCUT2D eigenvalue weighted by Gasteiger charge is -2.26. The van der Waals surface area contributed by atoms with E-state index in [4.69, 9.17) is 11.6 Å². The number of aldehydes is 1. The van der Waals surface area contributed by atoms with Crippen LogP contribution in [0.2, 0.25) is 5.15 Å². The number of aromatic nitrogens is 2. The monoisotopic (exact) mass is 184 g/mol. The minimum absolute atomic E-state index is 0.422. The number of rotatable bonds is 2. The van der Waals surface area contributed by atoms with Crippen LogP contribution in [0.4, 0.5) is 0 Å². The summed E-state index contributed by atoms with van der Waals surface area (Å²) in [5.74, 6) is 0. The highest BCUT2D eigenvalue weighted by molar-refractivity contribution is 6.31. The normalized spacial score (nSPS) is 17.4. The minimum Gasteiger partial charge on any atom is -0.298 e. The molecule has 0 atom stereocenters. The first-order valence-electron chi connectivity index (χ1n) is 4.01. The van der Waals surface area contributed by atoms with Gasteiger partial charge in [0.1, 0.15) is 5.15 Å². The maximum absolute atomic E-state index is 10.4. The lowest BCUT2D eigenvalue weighted by Crippen LogP contribution is -2.18. The van der Waals surface area contributed by atoms with Gasteiger partial charge in [-0.05, 0) is 19.3 Å². The van der Waals surface area contributed by atoms with Crippen LogP contribution in [0.15, 0.2) is 6.20 Å². The second kappa shape index (κ2) is 2.90. The molecule has 12 heavy (non-hydrogen) atoms. The number of carbonyl (C=O) groups excluding carboxylic acids is 1. The number of nitrogens with zero attached hydrogens (tertiary/aromatic N) is 2. The molecule has 64 valence electrons. The summed E-state index contributed by atoms with van der Waals surface area (Å²) in [6, 6.07) is 0.422. The summed E-state index contributed by atoms with van der Waals surface area (Å²) in [6.45, 7) is 0. The Balaban J connectivity index is 2.31. The van der Waals surface area contributed by atoms with Crippen LogP contribution in [0.1, 0.15) is 35.7 Å². The third-order valence-corrected chi connectivity index (χ3v) is 2.70. The molecule has 0 spiro atoms. The van der Waals surface area contributed by atoms with E-state index >= 15 is 0 Å². The first-order valence-corrected chi connectivity index (χ1v) is 4.39. The molecule has 1 heterocycles. The smallest absolute Gasteiger partial charge is 0.154 e. The fourth-order valence-corrected chi connectivity index (χ4v) is 1.60. The molecule has 0 unspecified atom stereocenters. The van der Waals surface area contributed by atoms with Crippen LogP contribution in [0.25, 0.3) is 0 Å². The van der Waals surface area contributed by atoms with Gasteiger partial charge in [0.25, 0.3) is 0 Å². The van der Waals surface area contributed by atoms with Gasteiger partial charge < -0.3 is 0 Å². The molecule has 0 aliphatic heterocycles. The molecule has 0 N–H and O–H groups in total. The molecule has 2 rings (SSSR count). The molecule has 0 saturated heterocycles. The van der Waals surface area contributed by atoms with Crippen molar-refractivity contribution in [1.82, 2.24) is 9.78 Å². The zero-order valence-corrected chi connectivity index (χ0v) is 7.29. The Morgan fingerprint density at radius 1 is 1.67 bits per heavy atom. The van der Waals surface area contributed by atoms with Gasteiger partial charge in [-0.2, -0.15) is 5.10 Å². The van der Waals surface area contributed by atoms with Gasteiger partial charge in [0.2, 0.25) is 0 Å². The van der Waals surface area contributed by atoms with Crippen molar-refractivity contribution in [2.45, 2.75) is 25.3 Å². The van der Waals surface area contributed by atoms with E-state index in [1.165, 1.54) is 12.6 Å². The predicted molar refractivity (Wildman–Crippen MR) is 45.5 cm³/mol. The highest BCUT2D eigenvalue weighted by Gasteiger charge is 2.23. The third-order valence-electron chi connectivity index (χ3n) is 2.31. The van der Waals surface area contributed by atoms with Gasteiger partial charge in [-0.25, -0.2) is 0 Å². The summed E-state index contributed by atoms with van der Waals surface area (Å²) in [6.07, 6.45) is 5.74. The summed E-state index contributed by atoms with van der Waals surface area (Å²) >= 11 is 5.90. The molecule has 0 amide bonds. The van der Waals surface area contributed by atoms with E-state index in [1.54, 1.807) is 4.68 Å². The van der Waals surface area contributed by atoms with E-state index in [0.717, 1.165) is 19.1 Å². The van der Waals surface area contributed by atoms with Gasteiger partial charge in [0, 0.05) is 0 Å². The Kier molecular flexibility index (Phi) is 1.89. The van der Waals surface area contributed by atoms with Crippen molar-refractivity contribution in [3.05, 3.63) is 16.9 Å². The Morgan fingerprint density at radius 2 is 2.42 bits per heavy atom. The largest absolute Gasteiger partial charge is 0.298 e. The summed E-state index contributed by atoms with van der Waals surface area (Å²) in [4.78, 5) is 10.4. The van der Waals surface area contributed by atoms with Crippen LogP contribution >= 0.6 is 11.6 Å². The molecule has 4 heteroatoms. The van der Waals surface area contributed by atoms with Gasteiger partial charge in [0.05, 0.1) is 17.8 Å². The van der Waals surface area contributed by atoms with Gasteiger partial charge in [-0.3, -0.25) is 9.48 Å². The molecule has 0 bridgehead atoms. The highest BCUT2D eigenvalue weighted by atomic mass is 35.5. The fraction of sp³-hybridized carbons (Fsp3) is 0.500. The summed E-state index contributed by atoms with van der Waals surface area (Å²) < 4.78 is 1.74. The molecule has 0 aromatic carbocycles. The standard InChI is InChI=1S/C8H9ClN2O/c9-8-6(5-12)4-10-11(8)7-2-1-3-7/h4-5,7H,1-3H2. The van der Waals surface area contributed by atoms with Crippen molar-refractivity contribution >= 4 is 17.9 Å².